The van der Waals surface area contributed by atoms with Gasteiger partial charge in [-0.25, -0.2) is 0 Å². The van der Waals surface area contributed by atoms with E-state index in [4.69, 9.17) is 5.11 Å². The van der Waals surface area contributed by atoms with Gasteiger partial charge in [0, 0.05) is 8.96 Å². The van der Waals surface area contributed by atoms with Gasteiger partial charge in [-0.2, -0.15) is 5.10 Å². The van der Waals surface area contributed by atoms with Crippen molar-refractivity contribution in [1.82, 2.24) is 9.78 Å². The molecule has 0 aliphatic carbocycles. The van der Waals surface area contributed by atoms with E-state index < -0.39 is 0 Å². The van der Waals surface area contributed by atoms with E-state index in [0.717, 1.165) is 10.9 Å². The van der Waals surface area contributed by atoms with Crippen molar-refractivity contribution in [2.45, 2.75) is 6.54 Å². The Labute approximate surface area is 89.5 Å². The van der Waals surface area contributed by atoms with Crippen LogP contribution in [0.4, 0.5) is 0 Å². The van der Waals surface area contributed by atoms with Crippen LogP contribution in [-0.2, 0) is 6.54 Å². The van der Waals surface area contributed by atoms with E-state index in [9.17, 15) is 0 Å². The molecule has 0 bridgehead atoms. The summed E-state index contributed by atoms with van der Waals surface area (Å²) in [7, 11) is 0. The van der Waals surface area contributed by atoms with Crippen molar-refractivity contribution >= 4 is 33.5 Å². The first kappa shape index (κ1) is 8.96. The van der Waals surface area contributed by atoms with Crippen molar-refractivity contribution in [2.24, 2.45) is 0 Å². The van der Waals surface area contributed by atoms with Gasteiger partial charge >= 0.3 is 0 Å². The molecule has 0 aliphatic rings. The third-order valence-electron chi connectivity index (χ3n) is 1.92. The lowest BCUT2D eigenvalue weighted by Gasteiger charge is -1.99. The molecule has 0 atom stereocenters. The van der Waals surface area contributed by atoms with Crippen molar-refractivity contribution in [3.63, 3.8) is 0 Å². The fourth-order valence-electron chi connectivity index (χ4n) is 1.33. The minimum Gasteiger partial charge on any atom is -0.394 e. The molecule has 4 heteroatoms. The highest BCUT2D eigenvalue weighted by atomic mass is 127. The van der Waals surface area contributed by atoms with E-state index in [1.165, 1.54) is 3.57 Å². The SMILES string of the molecule is OCCn1ncc2cc(I)ccc21. The summed E-state index contributed by atoms with van der Waals surface area (Å²) < 4.78 is 3.01. The van der Waals surface area contributed by atoms with E-state index in [1.807, 2.05) is 23.0 Å². The van der Waals surface area contributed by atoms with Crippen molar-refractivity contribution in [2.75, 3.05) is 6.61 Å². The first-order chi connectivity index (χ1) is 6.31. The number of halogens is 1. The molecule has 1 aromatic carbocycles. The fraction of sp³-hybridized carbons (Fsp3) is 0.222. The number of benzene rings is 1. The van der Waals surface area contributed by atoms with Crippen molar-refractivity contribution in [1.29, 1.82) is 0 Å². The molecule has 0 unspecified atom stereocenters. The molecule has 0 radical (unpaired) electrons. The zero-order valence-electron chi connectivity index (χ0n) is 6.94. The second-order valence-electron chi connectivity index (χ2n) is 2.79. The van der Waals surface area contributed by atoms with Gasteiger partial charge in [0.05, 0.1) is 24.9 Å². The summed E-state index contributed by atoms with van der Waals surface area (Å²) in [6, 6.07) is 6.15. The van der Waals surface area contributed by atoms with Crippen LogP contribution in [0.2, 0.25) is 0 Å². The quantitative estimate of drug-likeness (QED) is 0.853. The second-order valence-corrected chi connectivity index (χ2v) is 4.04. The predicted molar refractivity (Wildman–Crippen MR) is 59.5 cm³/mol. The summed E-state index contributed by atoms with van der Waals surface area (Å²) in [5.41, 5.74) is 1.08. The van der Waals surface area contributed by atoms with Gasteiger partial charge in [-0.05, 0) is 40.8 Å². The third kappa shape index (κ3) is 1.68. The first-order valence-electron chi connectivity index (χ1n) is 4.03. The van der Waals surface area contributed by atoms with Gasteiger partial charge < -0.3 is 5.11 Å². The summed E-state index contributed by atoms with van der Waals surface area (Å²) in [6.07, 6.45) is 1.83. The Hall–Kier alpha value is -0.620. The monoisotopic (exact) mass is 288 g/mol. The molecule has 0 aliphatic heterocycles. The van der Waals surface area contributed by atoms with Crippen LogP contribution in [0.25, 0.3) is 10.9 Å². The smallest absolute Gasteiger partial charge is 0.0684 e. The standard InChI is InChI=1S/C9H9IN2O/c10-8-1-2-9-7(5-8)6-11-12(9)3-4-13/h1-2,5-6,13H,3-4H2. The number of aromatic nitrogens is 2. The van der Waals surface area contributed by atoms with E-state index in [0.29, 0.717) is 6.54 Å². The highest BCUT2D eigenvalue weighted by Gasteiger charge is 2.01. The van der Waals surface area contributed by atoms with E-state index in [2.05, 4.69) is 33.8 Å². The molecule has 68 valence electrons. The Balaban J connectivity index is 2.55. The number of nitrogens with zero attached hydrogens (tertiary/aromatic N) is 2. The zero-order valence-corrected chi connectivity index (χ0v) is 9.10. The van der Waals surface area contributed by atoms with Crippen LogP contribution in [-0.4, -0.2) is 21.5 Å². The van der Waals surface area contributed by atoms with E-state index in [-0.39, 0.29) is 6.61 Å². The van der Waals surface area contributed by atoms with Crippen LogP contribution < -0.4 is 0 Å². The molecular formula is C9H9IN2O. The minimum atomic E-state index is 0.128. The lowest BCUT2D eigenvalue weighted by Crippen LogP contribution is -2.02. The normalized spacial score (nSPS) is 10.9. The second kappa shape index (κ2) is 3.63. The van der Waals surface area contributed by atoms with Crippen molar-refractivity contribution in [3.05, 3.63) is 28.0 Å². The van der Waals surface area contributed by atoms with Gasteiger partial charge in [0.15, 0.2) is 0 Å². The lowest BCUT2D eigenvalue weighted by atomic mass is 10.3. The Morgan fingerprint density at radius 3 is 3.08 bits per heavy atom. The number of hydrogen-bond acceptors (Lipinski definition) is 2. The maximum atomic E-state index is 8.79. The van der Waals surface area contributed by atoms with Crippen LogP contribution in [0.3, 0.4) is 0 Å². The summed E-state index contributed by atoms with van der Waals surface area (Å²) in [5, 5.41) is 14.1. The molecule has 0 amide bonds. The molecule has 13 heavy (non-hydrogen) atoms. The molecule has 2 rings (SSSR count). The largest absolute Gasteiger partial charge is 0.394 e. The molecule has 3 nitrogen and oxygen atoms in total. The topological polar surface area (TPSA) is 38.0 Å². The number of rotatable bonds is 2. The Bertz CT molecular complexity index is 424. The average molecular weight is 288 g/mol. The Kier molecular flexibility index (Phi) is 2.50. The van der Waals surface area contributed by atoms with Crippen LogP contribution in [0, 0.1) is 3.57 Å². The minimum absolute atomic E-state index is 0.128. The van der Waals surface area contributed by atoms with Crippen LogP contribution >= 0.6 is 22.6 Å². The molecular weight excluding hydrogens is 279 g/mol. The molecule has 0 spiro atoms. The van der Waals surface area contributed by atoms with Gasteiger partial charge in [0.2, 0.25) is 0 Å². The predicted octanol–water partition coefficient (Wildman–Crippen LogP) is 1.63. The average Bonchev–Trinajstić information content (AvgIpc) is 2.49. The summed E-state index contributed by atoms with van der Waals surface area (Å²) >= 11 is 2.27. The van der Waals surface area contributed by atoms with Crippen LogP contribution in [0.15, 0.2) is 24.4 Å². The summed E-state index contributed by atoms with van der Waals surface area (Å²) in [4.78, 5) is 0. The molecule has 1 N–H and O–H groups in total. The molecule has 2 aromatic rings. The van der Waals surface area contributed by atoms with Gasteiger partial charge in [0.1, 0.15) is 0 Å². The summed E-state index contributed by atoms with van der Waals surface area (Å²) in [6.45, 7) is 0.687. The maximum absolute atomic E-state index is 8.79. The molecule has 0 saturated carbocycles. The summed E-state index contributed by atoms with van der Waals surface area (Å²) in [5.74, 6) is 0. The van der Waals surface area contributed by atoms with Gasteiger partial charge in [-0.15, -0.1) is 0 Å². The van der Waals surface area contributed by atoms with E-state index >= 15 is 0 Å². The molecule has 0 fully saturated rings. The Morgan fingerprint density at radius 2 is 2.31 bits per heavy atom. The number of aliphatic hydroxyl groups is 1. The molecule has 0 saturated heterocycles. The zero-order chi connectivity index (χ0) is 9.26. The van der Waals surface area contributed by atoms with Gasteiger partial charge in [0.25, 0.3) is 0 Å². The Morgan fingerprint density at radius 1 is 1.46 bits per heavy atom. The lowest BCUT2D eigenvalue weighted by molar-refractivity contribution is 0.271. The fourth-order valence-corrected chi connectivity index (χ4v) is 1.85. The number of fused-ring (bicyclic) bond motifs is 1. The van der Waals surface area contributed by atoms with Gasteiger partial charge in [-0.1, -0.05) is 0 Å². The molecule has 1 heterocycles. The maximum Gasteiger partial charge on any atom is 0.0684 e. The van der Waals surface area contributed by atoms with Gasteiger partial charge in [-0.3, -0.25) is 4.68 Å². The highest BCUT2D eigenvalue weighted by molar-refractivity contribution is 14.1. The third-order valence-corrected chi connectivity index (χ3v) is 2.59. The molecule has 1 aromatic heterocycles. The van der Waals surface area contributed by atoms with Crippen LogP contribution in [0.1, 0.15) is 0 Å². The van der Waals surface area contributed by atoms with E-state index in [1.54, 1.807) is 0 Å². The first-order valence-corrected chi connectivity index (χ1v) is 5.11. The number of aliphatic hydroxyl groups excluding tert-OH is 1. The number of hydrogen-bond donors (Lipinski definition) is 1. The highest BCUT2D eigenvalue weighted by Crippen LogP contribution is 2.16. The van der Waals surface area contributed by atoms with Crippen LogP contribution in [0.5, 0.6) is 0 Å². The van der Waals surface area contributed by atoms with Crippen molar-refractivity contribution in [3.8, 4) is 0 Å². The van der Waals surface area contributed by atoms with Crippen molar-refractivity contribution < 1.29 is 5.11 Å².